The first-order valence-corrected chi connectivity index (χ1v) is 9.28. The molecular formula is C19H14ClN3O2S. The second kappa shape index (κ2) is 7.35. The van der Waals surface area contributed by atoms with E-state index in [1.165, 1.54) is 11.8 Å². The number of oxazole rings is 1. The Kier molecular flexibility index (Phi) is 4.77. The van der Waals surface area contributed by atoms with Crippen molar-refractivity contribution in [1.29, 1.82) is 0 Å². The van der Waals surface area contributed by atoms with Crippen molar-refractivity contribution < 1.29 is 8.83 Å². The van der Waals surface area contributed by atoms with E-state index in [-0.39, 0.29) is 0 Å². The molecule has 2 aromatic heterocycles. The van der Waals surface area contributed by atoms with Crippen LogP contribution in [0.1, 0.15) is 11.5 Å². The molecule has 0 atom stereocenters. The van der Waals surface area contributed by atoms with Crippen molar-refractivity contribution >= 4 is 23.4 Å². The van der Waals surface area contributed by atoms with Gasteiger partial charge in [-0.05, 0) is 43.3 Å². The van der Waals surface area contributed by atoms with E-state index < -0.39 is 0 Å². The molecule has 0 aliphatic heterocycles. The van der Waals surface area contributed by atoms with Crippen molar-refractivity contribution in [3.05, 3.63) is 71.2 Å². The molecular weight excluding hydrogens is 370 g/mol. The van der Waals surface area contributed by atoms with E-state index in [0.717, 1.165) is 16.7 Å². The van der Waals surface area contributed by atoms with Crippen LogP contribution in [0, 0.1) is 6.92 Å². The van der Waals surface area contributed by atoms with Gasteiger partial charge in [-0.3, -0.25) is 0 Å². The Labute approximate surface area is 159 Å². The zero-order valence-electron chi connectivity index (χ0n) is 13.8. The Balaban J connectivity index is 1.43. The van der Waals surface area contributed by atoms with E-state index in [2.05, 4.69) is 15.2 Å². The molecule has 0 spiro atoms. The van der Waals surface area contributed by atoms with Gasteiger partial charge in [-0.2, -0.15) is 0 Å². The van der Waals surface area contributed by atoms with Gasteiger partial charge in [-0.15, -0.1) is 10.2 Å². The number of halogens is 1. The van der Waals surface area contributed by atoms with Gasteiger partial charge in [-0.25, -0.2) is 4.98 Å². The topological polar surface area (TPSA) is 65.0 Å². The van der Waals surface area contributed by atoms with Gasteiger partial charge >= 0.3 is 0 Å². The van der Waals surface area contributed by atoms with Crippen LogP contribution in [-0.2, 0) is 5.75 Å². The van der Waals surface area contributed by atoms with Crippen molar-refractivity contribution in [2.45, 2.75) is 17.9 Å². The van der Waals surface area contributed by atoms with Gasteiger partial charge in [0.15, 0.2) is 5.76 Å². The molecule has 0 bridgehead atoms. The van der Waals surface area contributed by atoms with Crippen molar-refractivity contribution in [2.24, 2.45) is 0 Å². The van der Waals surface area contributed by atoms with Crippen LogP contribution >= 0.6 is 23.4 Å². The lowest BCUT2D eigenvalue weighted by Gasteiger charge is -1.96. The van der Waals surface area contributed by atoms with Crippen LogP contribution in [0.2, 0.25) is 5.02 Å². The van der Waals surface area contributed by atoms with Crippen LogP contribution < -0.4 is 0 Å². The molecule has 0 aliphatic rings. The Morgan fingerprint density at radius 3 is 2.65 bits per heavy atom. The molecule has 0 radical (unpaired) electrons. The van der Waals surface area contributed by atoms with Crippen molar-refractivity contribution in [2.75, 3.05) is 0 Å². The molecule has 7 heteroatoms. The van der Waals surface area contributed by atoms with Crippen LogP contribution in [0.3, 0.4) is 0 Å². The predicted octanol–water partition coefficient (Wildman–Crippen LogP) is 5.65. The molecule has 0 amide bonds. The highest BCUT2D eigenvalue weighted by Crippen LogP contribution is 2.28. The SMILES string of the molecule is Cc1cccc(-c2nnc(SCc3ncc(-c4ccc(Cl)cc4)o3)o2)c1. The molecule has 5 nitrogen and oxygen atoms in total. The Hall–Kier alpha value is -2.57. The van der Waals surface area contributed by atoms with Crippen molar-refractivity contribution in [3.63, 3.8) is 0 Å². The number of hydrogen-bond donors (Lipinski definition) is 0. The Bertz CT molecular complexity index is 1030. The fourth-order valence-corrected chi connectivity index (χ4v) is 3.15. The molecule has 0 aliphatic carbocycles. The largest absolute Gasteiger partial charge is 0.440 e. The summed E-state index contributed by atoms with van der Waals surface area (Å²) in [6.07, 6.45) is 1.70. The number of rotatable bonds is 5. The van der Waals surface area contributed by atoms with Gasteiger partial charge in [0.05, 0.1) is 11.9 Å². The average molecular weight is 384 g/mol. The summed E-state index contributed by atoms with van der Waals surface area (Å²) in [7, 11) is 0. The summed E-state index contributed by atoms with van der Waals surface area (Å²) >= 11 is 7.29. The van der Waals surface area contributed by atoms with Crippen molar-refractivity contribution in [3.8, 4) is 22.8 Å². The van der Waals surface area contributed by atoms with E-state index in [1.807, 2.05) is 55.5 Å². The number of thioether (sulfide) groups is 1. The molecule has 0 N–H and O–H groups in total. The van der Waals surface area contributed by atoms with Crippen molar-refractivity contribution in [1.82, 2.24) is 15.2 Å². The zero-order valence-corrected chi connectivity index (χ0v) is 15.4. The van der Waals surface area contributed by atoms with Gasteiger partial charge in [-0.1, -0.05) is 41.1 Å². The first-order valence-electron chi connectivity index (χ1n) is 7.91. The highest BCUT2D eigenvalue weighted by molar-refractivity contribution is 7.98. The monoisotopic (exact) mass is 383 g/mol. The van der Waals surface area contributed by atoms with Gasteiger partial charge < -0.3 is 8.83 Å². The van der Waals surface area contributed by atoms with E-state index in [1.54, 1.807) is 6.20 Å². The maximum atomic E-state index is 5.90. The Morgan fingerprint density at radius 1 is 1.00 bits per heavy atom. The summed E-state index contributed by atoms with van der Waals surface area (Å²) in [5, 5.41) is 9.34. The quantitative estimate of drug-likeness (QED) is 0.415. The highest BCUT2D eigenvalue weighted by Gasteiger charge is 2.12. The molecule has 26 heavy (non-hydrogen) atoms. The summed E-state index contributed by atoms with van der Waals surface area (Å²) in [6.45, 7) is 2.02. The number of aromatic nitrogens is 3. The summed E-state index contributed by atoms with van der Waals surface area (Å²) in [5.41, 5.74) is 2.98. The Morgan fingerprint density at radius 2 is 1.85 bits per heavy atom. The number of hydrogen-bond acceptors (Lipinski definition) is 6. The lowest BCUT2D eigenvalue weighted by Crippen LogP contribution is -1.79. The summed E-state index contributed by atoms with van der Waals surface area (Å²) in [5.74, 6) is 2.30. The van der Waals surface area contributed by atoms with Gasteiger partial charge in [0.1, 0.15) is 0 Å². The fraction of sp³-hybridized carbons (Fsp3) is 0.105. The van der Waals surface area contributed by atoms with E-state index >= 15 is 0 Å². The molecule has 4 rings (SSSR count). The summed E-state index contributed by atoms with van der Waals surface area (Å²) < 4.78 is 11.5. The first kappa shape index (κ1) is 16.9. The molecule has 0 unspecified atom stereocenters. The molecule has 2 heterocycles. The first-order chi connectivity index (χ1) is 12.7. The minimum Gasteiger partial charge on any atom is -0.440 e. The summed E-state index contributed by atoms with van der Waals surface area (Å²) in [4.78, 5) is 4.30. The van der Waals surface area contributed by atoms with E-state index in [9.17, 15) is 0 Å². The third-order valence-corrected chi connectivity index (χ3v) is 4.73. The minimum atomic E-state index is 0.479. The van der Waals surface area contributed by atoms with Gasteiger partial charge in [0, 0.05) is 16.1 Å². The average Bonchev–Trinajstić information content (AvgIpc) is 3.30. The van der Waals surface area contributed by atoms with Crippen LogP contribution in [-0.4, -0.2) is 15.2 Å². The second-order valence-electron chi connectivity index (χ2n) is 5.66. The number of nitrogens with zero attached hydrogens (tertiary/aromatic N) is 3. The third kappa shape index (κ3) is 3.81. The number of benzene rings is 2. The second-order valence-corrected chi connectivity index (χ2v) is 7.02. The lowest BCUT2D eigenvalue weighted by atomic mass is 10.1. The maximum Gasteiger partial charge on any atom is 0.277 e. The van der Waals surface area contributed by atoms with Crippen LogP contribution in [0.15, 0.2) is 68.8 Å². The number of aryl methyl sites for hydroxylation is 1. The molecule has 0 fully saturated rings. The van der Waals surface area contributed by atoms with Gasteiger partial charge in [0.25, 0.3) is 5.22 Å². The van der Waals surface area contributed by atoms with E-state index in [4.69, 9.17) is 20.4 Å². The van der Waals surface area contributed by atoms with Crippen LogP contribution in [0.5, 0.6) is 0 Å². The minimum absolute atomic E-state index is 0.479. The van der Waals surface area contributed by atoms with Gasteiger partial charge in [0.2, 0.25) is 11.8 Å². The van der Waals surface area contributed by atoms with Crippen LogP contribution in [0.25, 0.3) is 22.8 Å². The zero-order chi connectivity index (χ0) is 17.9. The molecule has 130 valence electrons. The molecule has 2 aromatic carbocycles. The smallest absolute Gasteiger partial charge is 0.277 e. The normalized spacial score (nSPS) is 11.0. The maximum absolute atomic E-state index is 5.90. The third-order valence-electron chi connectivity index (χ3n) is 3.67. The lowest BCUT2D eigenvalue weighted by molar-refractivity contribution is 0.464. The summed E-state index contributed by atoms with van der Waals surface area (Å²) in [6, 6.07) is 15.4. The standard InChI is InChI=1S/C19H14ClN3O2S/c1-12-3-2-4-14(9-12)18-22-23-19(25-18)26-11-17-21-10-16(24-17)13-5-7-15(20)8-6-13/h2-10H,11H2,1H3. The van der Waals surface area contributed by atoms with E-state index in [0.29, 0.717) is 33.5 Å². The highest BCUT2D eigenvalue weighted by atomic mass is 35.5. The molecule has 0 saturated heterocycles. The fourth-order valence-electron chi connectivity index (χ4n) is 2.41. The molecule has 0 saturated carbocycles. The van der Waals surface area contributed by atoms with Crippen LogP contribution in [0.4, 0.5) is 0 Å². The molecule has 4 aromatic rings. The predicted molar refractivity (Wildman–Crippen MR) is 101 cm³/mol.